The van der Waals surface area contributed by atoms with E-state index in [-0.39, 0.29) is 17.6 Å². The molecule has 0 bridgehead atoms. The van der Waals surface area contributed by atoms with Crippen molar-refractivity contribution < 1.29 is 14.3 Å². The molecule has 0 spiro atoms. The van der Waals surface area contributed by atoms with Crippen LogP contribution in [-0.4, -0.2) is 29.7 Å². The van der Waals surface area contributed by atoms with Crippen molar-refractivity contribution in [1.29, 1.82) is 0 Å². The minimum Gasteiger partial charge on any atom is -0.496 e. The molecule has 0 saturated carbocycles. The van der Waals surface area contributed by atoms with E-state index in [0.717, 1.165) is 20.1 Å². The Kier molecular flexibility index (Phi) is 7.17. The van der Waals surface area contributed by atoms with Crippen LogP contribution in [0.3, 0.4) is 0 Å². The van der Waals surface area contributed by atoms with Gasteiger partial charge in [-0.05, 0) is 55.0 Å². The van der Waals surface area contributed by atoms with Crippen molar-refractivity contribution >= 4 is 68.1 Å². The first-order valence-corrected chi connectivity index (χ1v) is 12.1. The molecule has 1 aromatic heterocycles. The number of rotatable bonds is 7. The smallest absolute Gasteiger partial charge is 0.259 e. The van der Waals surface area contributed by atoms with Crippen molar-refractivity contribution in [2.24, 2.45) is 0 Å². The minimum atomic E-state index is -0.251. The lowest BCUT2D eigenvalue weighted by Crippen LogP contribution is -2.13. The third-order valence-electron chi connectivity index (χ3n) is 4.76. The Balaban J connectivity index is 1.39. The number of methoxy groups -OCH3 is 1. The predicted molar refractivity (Wildman–Crippen MR) is 136 cm³/mol. The molecule has 2 N–H and O–H groups in total. The minimum absolute atomic E-state index is 0.135. The Hall–Kier alpha value is -3.07. The van der Waals surface area contributed by atoms with Gasteiger partial charge in [-0.2, -0.15) is 0 Å². The molecule has 3 aromatic carbocycles. The van der Waals surface area contributed by atoms with Gasteiger partial charge >= 0.3 is 0 Å². The van der Waals surface area contributed by atoms with Crippen molar-refractivity contribution in [3.8, 4) is 5.75 Å². The Labute approximate surface area is 204 Å². The molecule has 9 heteroatoms. The number of nitrogens with one attached hydrogen (secondary N) is 2. The van der Waals surface area contributed by atoms with Crippen molar-refractivity contribution in [2.75, 3.05) is 23.5 Å². The van der Waals surface area contributed by atoms with Crippen LogP contribution in [0.2, 0.25) is 5.02 Å². The van der Waals surface area contributed by atoms with E-state index >= 15 is 0 Å². The Bertz CT molecular complexity index is 1340. The van der Waals surface area contributed by atoms with E-state index in [2.05, 4.69) is 15.6 Å². The van der Waals surface area contributed by atoms with Crippen LogP contribution in [0.1, 0.15) is 15.9 Å². The molecule has 4 aromatic rings. The van der Waals surface area contributed by atoms with Gasteiger partial charge in [0.25, 0.3) is 5.91 Å². The highest BCUT2D eigenvalue weighted by Gasteiger charge is 2.13. The van der Waals surface area contributed by atoms with Crippen LogP contribution in [0.5, 0.6) is 5.75 Å². The average molecular weight is 498 g/mol. The van der Waals surface area contributed by atoms with E-state index in [1.165, 1.54) is 30.2 Å². The second kappa shape index (κ2) is 10.2. The SMILES string of the molecule is COc1ccccc1C(=O)Nc1ccc2nc(SCC(=O)Nc3ccc(C)c(Cl)c3)sc2c1. The topological polar surface area (TPSA) is 80.3 Å². The molecule has 0 aliphatic carbocycles. The highest BCUT2D eigenvalue weighted by molar-refractivity contribution is 8.01. The summed E-state index contributed by atoms with van der Waals surface area (Å²) in [4.78, 5) is 29.5. The van der Waals surface area contributed by atoms with Gasteiger partial charge in [0, 0.05) is 16.4 Å². The van der Waals surface area contributed by atoms with Crippen molar-refractivity contribution in [1.82, 2.24) is 4.98 Å². The Morgan fingerprint density at radius 3 is 2.61 bits per heavy atom. The summed E-state index contributed by atoms with van der Waals surface area (Å²) in [6, 6.07) is 18.0. The van der Waals surface area contributed by atoms with Gasteiger partial charge in [0.05, 0.1) is 28.6 Å². The summed E-state index contributed by atoms with van der Waals surface area (Å²) in [6.07, 6.45) is 0. The second-order valence-electron chi connectivity index (χ2n) is 7.12. The number of thioether (sulfide) groups is 1. The third kappa shape index (κ3) is 5.65. The summed E-state index contributed by atoms with van der Waals surface area (Å²) >= 11 is 8.94. The fourth-order valence-corrected chi connectivity index (χ4v) is 5.16. The molecule has 168 valence electrons. The molecular weight excluding hydrogens is 478 g/mol. The van der Waals surface area contributed by atoms with E-state index in [9.17, 15) is 9.59 Å². The number of hydrogen-bond acceptors (Lipinski definition) is 6. The molecule has 6 nitrogen and oxygen atoms in total. The molecule has 0 atom stereocenters. The normalized spacial score (nSPS) is 10.8. The average Bonchev–Trinajstić information content (AvgIpc) is 3.22. The lowest BCUT2D eigenvalue weighted by molar-refractivity contribution is -0.113. The standard InChI is InChI=1S/C24H20ClN3O3S2/c1-14-7-8-15(11-18(14)25)26-22(29)13-32-24-28-19-10-9-16(12-21(19)33-24)27-23(30)17-5-3-4-6-20(17)31-2/h3-12H,13H2,1-2H3,(H,26,29)(H,27,30). The monoisotopic (exact) mass is 497 g/mol. The number of anilines is 2. The van der Waals surface area contributed by atoms with Crippen molar-refractivity contribution in [3.63, 3.8) is 0 Å². The van der Waals surface area contributed by atoms with Gasteiger partial charge in [0.15, 0.2) is 4.34 Å². The molecule has 0 aliphatic rings. The molecule has 1 heterocycles. The molecule has 0 saturated heterocycles. The summed E-state index contributed by atoms with van der Waals surface area (Å²) in [6.45, 7) is 1.91. The summed E-state index contributed by atoms with van der Waals surface area (Å²) in [5.41, 5.74) is 3.55. The summed E-state index contributed by atoms with van der Waals surface area (Å²) < 4.78 is 6.95. The van der Waals surface area contributed by atoms with Crippen LogP contribution in [0.15, 0.2) is 65.0 Å². The highest BCUT2D eigenvalue weighted by atomic mass is 35.5. The molecule has 0 fully saturated rings. The number of nitrogens with zero attached hydrogens (tertiary/aromatic N) is 1. The van der Waals surface area contributed by atoms with Crippen LogP contribution in [-0.2, 0) is 4.79 Å². The van der Waals surface area contributed by atoms with Gasteiger partial charge in [-0.15, -0.1) is 11.3 Å². The molecule has 33 heavy (non-hydrogen) atoms. The zero-order valence-electron chi connectivity index (χ0n) is 17.8. The molecule has 0 unspecified atom stereocenters. The van der Waals surface area contributed by atoms with Crippen LogP contribution in [0, 0.1) is 6.92 Å². The van der Waals surface area contributed by atoms with Crippen LogP contribution >= 0.6 is 34.7 Å². The van der Waals surface area contributed by atoms with E-state index < -0.39 is 0 Å². The van der Waals surface area contributed by atoms with Gasteiger partial charge in [-0.25, -0.2) is 4.98 Å². The van der Waals surface area contributed by atoms with Crippen molar-refractivity contribution in [3.05, 3.63) is 76.8 Å². The maximum Gasteiger partial charge on any atom is 0.259 e. The van der Waals surface area contributed by atoms with E-state index in [1.54, 1.807) is 30.3 Å². The number of aryl methyl sites for hydroxylation is 1. The Morgan fingerprint density at radius 1 is 1.06 bits per heavy atom. The number of ether oxygens (including phenoxy) is 1. The first-order valence-electron chi connectivity index (χ1n) is 9.96. The molecule has 4 rings (SSSR count). The number of para-hydroxylation sites is 1. The number of hydrogen-bond donors (Lipinski definition) is 2. The highest BCUT2D eigenvalue weighted by Crippen LogP contribution is 2.32. The van der Waals surface area contributed by atoms with Gasteiger partial charge in [-0.1, -0.05) is 41.6 Å². The van der Waals surface area contributed by atoms with Crippen LogP contribution in [0.4, 0.5) is 11.4 Å². The number of carbonyl (C=O) groups is 2. The summed E-state index contributed by atoms with van der Waals surface area (Å²) in [5.74, 6) is 0.351. The van der Waals surface area contributed by atoms with Crippen LogP contribution < -0.4 is 15.4 Å². The zero-order chi connectivity index (χ0) is 23.4. The first-order chi connectivity index (χ1) is 15.9. The predicted octanol–water partition coefficient (Wildman–Crippen LogP) is 6.25. The molecular formula is C24H20ClN3O3S2. The van der Waals surface area contributed by atoms with Crippen molar-refractivity contribution in [2.45, 2.75) is 11.3 Å². The lowest BCUT2D eigenvalue weighted by atomic mass is 10.2. The second-order valence-corrected chi connectivity index (χ2v) is 9.78. The number of benzene rings is 3. The summed E-state index contributed by atoms with van der Waals surface area (Å²) in [7, 11) is 1.53. The number of fused-ring (bicyclic) bond motifs is 1. The lowest BCUT2D eigenvalue weighted by Gasteiger charge is -2.09. The maximum absolute atomic E-state index is 12.6. The number of amides is 2. The van der Waals surface area contributed by atoms with Crippen LogP contribution in [0.25, 0.3) is 10.2 Å². The number of carbonyl (C=O) groups excluding carboxylic acids is 2. The van der Waals surface area contributed by atoms with Gasteiger partial charge in [-0.3, -0.25) is 9.59 Å². The Morgan fingerprint density at radius 2 is 1.82 bits per heavy atom. The van der Waals surface area contributed by atoms with E-state index in [0.29, 0.717) is 27.7 Å². The molecule has 0 radical (unpaired) electrons. The quantitative estimate of drug-likeness (QED) is 0.295. The van der Waals surface area contributed by atoms with Gasteiger partial charge < -0.3 is 15.4 Å². The van der Waals surface area contributed by atoms with E-state index in [4.69, 9.17) is 16.3 Å². The maximum atomic E-state index is 12.6. The number of aromatic nitrogens is 1. The molecule has 0 aliphatic heterocycles. The summed E-state index contributed by atoms with van der Waals surface area (Å²) in [5, 5.41) is 6.35. The zero-order valence-corrected chi connectivity index (χ0v) is 20.2. The fraction of sp³-hybridized carbons (Fsp3) is 0.125. The number of thiazole rings is 1. The van der Waals surface area contributed by atoms with Gasteiger partial charge in [0.1, 0.15) is 5.75 Å². The van der Waals surface area contributed by atoms with Gasteiger partial charge in [0.2, 0.25) is 5.91 Å². The molecule has 2 amide bonds. The largest absolute Gasteiger partial charge is 0.496 e. The first kappa shape index (κ1) is 23.1. The fourth-order valence-electron chi connectivity index (χ4n) is 3.07. The van der Waals surface area contributed by atoms with E-state index in [1.807, 2.05) is 37.3 Å². The third-order valence-corrected chi connectivity index (χ3v) is 7.33. The number of halogens is 1.